The van der Waals surface area contributed by atoms with Gasteiger partial charge in [-0.05, 0) is 6.92 Å². The second-order valence-corrected chi connectivity index (χ2v) is 5.75. The van der Waals surface area contributed by atoms with E-state index in [0.29, 0.717) is 11.8 Å². The van der Waals surface area contributed by atoms with Crippen LogP contribution in [0.5, 0.6) is 5.88 Å². The lowest BCUT2D eigenvalue weighted by Crippen LogP contribution is -2.26. The molecule has 16 heavy (non-hydrogen) atoms. The fraction of sp³-hybridized carbons (Fsp3) is 0.556. The Labute approximate surface area is 95.0 Å². The fourth-order valence-corrected chi connectivity index (χ4v) is 2.23. The lowest BCUT2D eigenvalue weighted by molar-refractivity contribution is 0.397. The summed E-state index contributed by atoms with van der Waals surface area (Å²) in [6, 6.07) is 1.37. The fourth-order valence-electron chi connectivity index (χ4n) is 1.24. The molecule has 0 aliphatic rings. The van der Waals surface area contributed by atoms with Crippen LogP contribution in [-0.4, -0.2) is 43.5 Å². The summed E-state index contributed by atoms with van der Waals surface area (Å²) in [5.74, 6) is 0.827. The van der Waals surface area contributed by atoms with Gasteiger partial charge in [-0.25, -0.2) is 13.4 Å². The Balaban J connectivity index is 2.65. The van der Waals surface area contributed by atoms with Crippen LogP contribution in [0.3, 0.4) is 0 Å². The van der Waals surface area contributed by atoms with E-state index in [1.54, 1.807) is 19.2 Å². The summed E-state index contributed by atoms with van der Waals surface area (Å²) in [5, 5.41) is 2.89. The van der Waals surface area contributed by atoms with Crippen LogP contribution >= 0.6 is 0 Å². The van der Waals surface area contributed by atoms with E-state index in [-0.39, 0.29) is 11.8 Å². The van der Waals surface area contributed by atoms with E-state index in [9.17, 15) is 8.42 Å². The van der Waals surface area contributed by atoms with Crippen LogP contribution in [0.1, 0.15) is 6.92 Å². The van der Waals surface area contributed by atoms with Crippen molar-refractivity contribution in [1.29, 1.82) is 0 Å². The normalized spacial score (nSPS) is 13.2. The highest BCUT2D eigenvalue weighted by Gasteiger charge is 2.11. The van der Waals surface area contributed by atoms with Gasteiger partial charge in [-0.15, -0.1) is 0 Å². The van der Waals surface area contributed by atoms with Crippen LogP contribution < -0.4 is 10.1 Å². The van der Waals surface area contributed by atoms with Gasteiger partial charge in [0.15, 0.2) is 0 Å². The molecule has 1 N–H and O–H groups in total. The molecule has 0 radical (unpaired) electrons. The summed E-state index contributed by atoms with van der Waals surface area (Å²) in [7, 11) is -1.50. The lowest BCUT2D eigenvalue weighted by atomic mass is 10.4. The van der Waals surface area contributed by atoms with Crippen LogP contribution in [-0.2, 0) is 9.84 Å². The first-order chi connectivity index (χ1) is 7.40. The van der Waals surface area contributed by atoms with Crippen molar-refractivity contribution in [1.82, 2.24) is 9.97 Å². The average molecular weight is 245 g/mol. The first-order valence-corrected chi connectivity index (χ1v) is 6.78. The molecule has 1 unspecified atom stereocenters. The number of nitrogens with zero attached hydrogens (tertiary/aromatic N) is 2. The molecule has 6 nitrogen and oxygen atoms in total. The third kappa shape index (κ3) is 4.43. The molecule has 0 bridgehead atoms. The van der Waals surface area contributed by atoms with Crippen molar-refractivity contribution in [2.45, 2.75) is 13.0 Å². The van der Waals surface area contributed by atoms with Crippen LogP contribution in [0.25, 0.3) is 0 Å². The summed E-state index contributed by atoms with van der Waals surface area (Å²) in [5.41, 5.74) is 0. The third-order valence-electron chi connectivity index (χ3n) is 1.77. The van der Waals surface area contributed by atoms with Crippen molar-refractivity contribution in [3.63, 3.8) is 0 Å². The maximum absolute atomic E-state index is 11.0. The zero-order valence-electron chi connectivity index (χ0n) is 9.47. The molecule has 0 aromatic carbocycles. The number of methoxy groups -OCH3 is 1. The van der Waals surface area contributed by atoms with Crippen LogP contribution in [0.2, 0.25) is 0 Å². The zero-order chi connectivity index (χ0) is 12.2. The van der Waals surface area contributed by atoms with E-state index in [4.69, 9.17) is 4.74 Å². The second kappa shape index (κ2) is 5.11. The minimum absolute atomic E-state index is 0.0353. The Hall–Kier alpha value is -1.37. The SMILES string of the molecule is COc1ccnc(NC(C)CS(C)(=O)=O)n1. The Morgan fingerprint density at radius 3 is 2.81 bits per heavy atom. The predicted molar refractivity (Wildman–Crippen MR) is 61.4 cm³/mol. The molecule has 7 heteroatoms. The van der Waals surface area contributed by atoms with Crippen molar-refractivity contribution >= 4 is 15.8 Å². The van der Waals surface area contributed by atoms with E-state index in [0.717, 1.165) is 0 Å². The van der Waals surface area contributed by atoms with Gasteiger partial charge < -0.3 is 10.1 Å². The van der Waals surface area contributed by atoms with Gasteiger partial charge in [-0.1, -0.05) is 0 Å². The maximum Gasteiger partial charge on any atom is 0.226 e. The largest absolute Gasteiger partial charge is 0.481 e. The van der Waals surface area contributed by atoms with Crippen LogP contribution in [0.15, 0.2) is 12.3 Å². The minimum Gasteiger partial charge on any atom is -0.481 e. The number of hydrogen-bond acceptors (Lipinski definition) is 6. The minimum atomic E-state index is -3.01. The Morgan fingerprint density at radius 2 is 2.25 bits per heavy atom. The summed E-state index contributed by atoms with van der Waals surface area (Å²) in [4.78, 5) is 7.98. The molecule has 1 rings (SSSR count). The first-order valence-electron chi connectivity index (χ1n) is 4.72. The van der Waals surface area contributed by atoms with Crippen molar-refractivity contribution < 1.29 is 13.2 Å². The monoisotopic (exact) mass is 245 g/mol. The highest BCUT2D eigenvalue weighted by molar-refractivity contribution is 7.90. The van der Waals surface area contributed by atoms with E-state index >= 15 is 0 Å². The van der Waals surface area contributed by atoms with E-state index in [2.05, 4.69) is 15.3 Å². The highest BCUT2D eigenvalue weighted by atomic mass is 32.2. The van der Waals surface area contributed by atoms with Gasteiger partial charge in [0.05, 0.1) is 12.9 Å². The van der Waals surface area contributed by atoms with Gasteiger partial charge in [0.25, 0.3) is 0 Å². The summed E-state index contributed by atoms with van der Waals surface area (Å²) >= 11 is 0. The van der Waals surface area contributed by atoms with Gasteiger partial charge >= 0.3 is 0 Å². The number of hydrogen-bond donors (Lipinski definition) is 1. The quantitative estimate of drug-likeness (QED) is 0.805. The summed E-state index contributed by atoms with van der Waals surface area (Å²) in [6.07, 6.45) is 2.74. The lowest BCUT2D eigenvalue weighted by Gasteiger charge is -2.12. The molecular formula is C9H15N3O3S. The standard InChI is InChI=1S/C9H15N3O3S/c1-7(6-16(3,13)14)11-9-10-5-4-8(12-9)15-2/h4-5,7H,6H2,1-3H3,(H,10,11,12). The zero-order valence-corrected chi connectivity index (χ0v) is 10.3. The predicted octanol–water partition coefficient (Wildman–Crippen LogP) is 0.330. The number of rotatable bonds is 5. The molecule has 0 fully saturated rings. The Kier molecular flexibility index (Phi) is 4.05. The molecule has 1 aromatic rings. The van der Waals surface area contributed by atoms with E-state index < -0.39 is 9.84 Å². The molecule has 0 spiro atoms. The second-order valence-electron chi connectivity index (χ2n) is 3.56. The molecule has 0 amide bonds. The molecule has 0 saturated heterocycles. The Bertz CT molecular complexity index is 447. The van der Waals surface area contributed by atoms with E-state index in [1.165, 1.54) is 13.4 Å². The summed E-state index contributed by atoms with van der Waals surface area (Å²) in [6.45, 7) is 1.75. The van der Waals surface area contributed by atoms with Crippen molar-refractivity contribution in [3.8, 4) is 5.88 Å². The van der Waals surface area contributed by atoms with Gasteiger partial charge in [0, 0.05) is 24.6 Å². The van der Waals surface area contributed by atoms with Crippen molar-refractivity contribution in [2.24, 2.45) is 0 Å². The summed E-state index contributed by atoms with van der Waals surface area (Å²) < 4.78 is 27.0. The number of ether oxygens (including phenoxy) is 1. The molecule has 0 aliphatic heterocycles. The van der Waals surface area contributed by atoms with Crippen molar-refractivity contribution in [2.75, 3.05) is 24.4 Å². The molecule has 90 valence electrons. The molecular weight excluding hydrogens is 230 g/mol. The van der Waals surface area contributed by atoms with Crippen LogP contribution in [0, 0.1) is 0 Å². The first kappa shape index (κ1) is 12.7. The van der Waals surface area contributed by atoms with E-state index in [1.807, 2.05) is 0 Å². The van der Waals surface area contributed by atoms with Gasteiger partial charge in [0.2, 0.25) is 11.8 Å². The topological polar surface area (TPSA) is 81.2 Å². The number of anilines is 1. The van der Waals surface area contributed by atoms with Gasteiger partial charge in [-0.2, -0.15) is 4.98 Å². The van der Waals surface area contributed by atoms with Gasteiger partial charge in [0.1, 0.15) is 9.84 Å². The number of nitrogens with one attached hydrogen (secondary N) is 1. The van der Waals surface area contributed by atoms with Crippen LogP contribution in [0.4, 0.5) is 5.95 Å². The third-order valence-corrected chi connectivity index (χ3v) is 2.87. The molecule has 1 atom stereocenters. The highest BCUT2D eigenvalue weighted by Crippen LogP contribution is 2.08. The average Bonchev–Trinajstić information content (AvgIpc) is 2.15. The maximum atomic E-state index is 11.0. The number of aromatic nitrogens is 2. The van der Waals surface area contributed by atoms with Crippen molar-refractivity contribution in [3.05, 3.63) is 12.3 Å². The molecule has 0 aliphatic carbocycles. The molecule has 1 aromatic heterocycles. The molecule has 1 heterocycles. The molecule has 0 saturated carbocycles. The van der Waals surface area contributed by atoms with Gasteiger partial charge in [-0.3, -0.25) is 0 Å². The smallest absolute Gasteiger partial charge is 0.226 e. The number of sulfone groups is 1. The Morgan fingerprint density at radius 1 is 1.56 bits per heavy atom.